The molecule has 1 aliphatic carbocycles. The third kappa shape index (κ3) is 5.63. The lowest BCUT2D eigenvalue weighted by Crippen LogP contribution is -2.50. The van der Waals surface area contributed by atoms with Gasteiger partial charge in [0.15, 0.2) is 0 Å². The Kier molecular flexibility index (Phi) is 7.06. The lowest BCUT2D eigenvalue weighted by molar-refractivity contribution is -0.125. The number of carbonyl (C=O) groups excluding carboxylic acids is 1. The van der Waals surface area contributed by atoms with E-state index in [0.717, 1.165) is 31.4 Å². The van der Waals surface area contributed by atoms with Crippen molar-refractivity contribution in [3.63, 3.8) is 0 Å². The fraction of sp³-hybridized carbons (Fsp3) is 0.632. The first-order valence-electron chi connectivity index (χ1n) is 8.86. The maximum atomic E-state index is 12.3. The number of benzene rings is 1. The average Bonchev–Trinajstić information content (AvgIpc) is 2.60. The van der Waals surface area contributed by atoms with Gasteiger partial charge in [-0.3, -0.25) is 4.79 Å². The van der Waals surface area contributed by atoms with Crippen LogP contribution in [0.15, 0.2) is 30.3 Å². The highest BCUT2D eigenvalue weighted by molar-refractivity contribution is 5.81. The fourth-order valence-corrected chi connectivity index (χ4v) is 3.23. The van der Waals surface area contributed by atoms with E-state index in [0.29, 0.717) is 13.0 Å². The Labute approximate surface area is 139 Å². The van der Waals surface area contributed by atoms with Crippen molar-refractivity contribution in [2.24, 2.45) is 5.73 Å². The van der Waals surface area contributed by atoms with Crippen LogP contribution in [0, 0.1) is 0 Å². The first-order chi connectivity index (χ1) is 11.2. The van der Waals surface area contributed by atoms with E-state index in [4.69, 9.17) is 10.5 Å². The summed E-state index contributed by atoms with van der Waals surface area (Å²) in [5.74, 6) is -0.0844. The van der Waals surface area contributed by atoms with Gasteiger partial charge in [-0.15, -0.1) is 0 Å². The van der Waals surface area contributed by atoms with Crippen molar-refractivity contribution in [1.29, 1.82) is 0 Å². The molecule has 0 radical (unpaired) electrons. The molecular weight excluding hydrogens is 288 g/mol. The average molecular weight is 318 g/mol. The van der Waals surface area contributed by atoms with Crippen LogP contribution in [0.25, 0.3) is 0 Å². The van der Waals surface area contributed by atoms with Crippen LogP contribution in [0.2, 0.25) is 0 Å². The molecule has 1 saturated carbocycles. The van der Waals surface area contributed by atoms with Gasteiger partial charge in [0.25, 0.3) is 0 Å². The molecule has 1 aromatic carbocycles. The van der Waals surface area contributed by atoms with Crippen LogP contribution in [0.4, 0.5) is 0 Å². The Bertz CT molecular complexity index is 470. The molecule has 0 aliphatic heterocycles. The summed E-state index contributed by atoms with van der Waals surface area (Å²) >= 11 is 0. The number of hydrogen-bond acceptors (Lipinski definition) is 3. The SMILES string of the molecule is CCCOC1(CNC(=O)[C@@H](N)Cc2ccccc2)CCCCC1. The van der Waals surface area contributed by atoms with E-state index in [1.165, 1.54) is 19.3 Å². The van der Waals surface area contributed by atoms with E-state index in [2.05, 4.69) is 12.2 Å². The molecule has 0 bridgehead atoms. The minimum Gasteiger partial charge on any atom is -0.373 e. The molecule has 3 N–H and O–H groups in total. The number of ether oxygens (including phenoxy) is 1. The molecule has 0 spiro atoms. The minimum absolute atomic E-state index is 0.0844. The van der Waals surface area contributed by atoms with Crippen LogP contribution in [-0.2, 0) is 16.0 Å². The molecule has 1 fully saturated rings. The van der Waals surface area contributed by atoms with Gasteiger partial charge in [-0.2, -0.15) is 0 Å². The normalized spacial score (nSPS) is 18.3. The molecule has 1 amide bonds. The van der Waals surface area contributed by atoms with Gasteiger partial charge in [0.2, 0.25) is 5.91 Å². The van der Waals surface area contributed by atoms with Crippen molar-refractivity contribution in [3.8, 4) is 0 Å². The van der Waals surface area contributed by atoms with E-state index < -0.39 is 6.04 Å². The minimum atomic E-state index is -0.510. The number of carbonyl (C=O) groups is 1. The maximum Gasteiger partial charge on any atom is 0.237 e. The van der Waals surface area contributed by atoms with Crippen LogP contribution in [-0.4, -0.2) is 30.7 Å². The van der Waals surface area contributed by atoms with Crippen molar-refractivity contribution < 1.29 is 9.53 Å². The van der Waals surface area contributed by atoms with Crippen molar-refractivity contribution in [2.45, 2.75) is 63.5 Å². The maximum absolute atomic E-state index is 12.3. The van der Waals surface area contributed by atoms with Crippen LogP contribution in [0.3, 0.4) is 0 Å². The van der Waals surface area contributed by atoms with Gasteiger partial charge >= 0.3 is 0 Å². The third-order valence-electron chi connectivity index (χ3n) is 4.60. The highest BCUT2D eigenvalue weighted by Crippen LogP contribution is 2.31. The molecule has 4 heteroatoms. The van der Waals surface area contributed by atoms with E-state index in [1.807, 2.05) is 30.3 Å². The van der Waals surface area contributed by atoms with Crippen molar-refractivity contribution in [1.82, 2.24) is 5.32 Å². The summed E-state index contributed by atoms with van der Waals surface area (Å²) in [6, 6.07) is 9.39. The second-order valence-corrected chi connectivity index (χ2v) is 6.61. The molecule has 1 aliphatic rings. The van der Waals surface area contributed by atoms with Crippen molar-refractivity contribution in [3.05, 3.63) is 35.9 Å². The smallest absolute Gasteiger partial charge is 0.237 e. The van der Waals surface area contributed by atoms with Gasteiger partial charge in [0, 0.05) is 13.2 Å². The summed E-state index contributed by atoms with van der Waals surface area (Å²) in [4.78, 5) is 12.3. The molecule has 0 unspecified atom stereocenters. The van der Waals surface area contributed by atoms with Gasteiger partial charge < -0.3 is 15.8 Å². The number of amides is 1. The summed E-state index contributed by atoms with van der Waals surface area (Å²) in [5, 5.41) is 3.03. The third-order valence-corrected chi connectivity index (χ3v) is 4.60. The van der Waals surface area contributed by atoms with Gasteiger partial charge in [-0.25, -0.2) is 0 Å². The molecule has 0 saturated heterocycles. The van der Waals surface area contributed by atoms with Crippen LogP contribution < -0.4 is 11.1 Å². The standard InChI is InChI=1S/C19H30N2O2/c1-2-13-23-19(11-7-4-8-12-19)15-21-18(22)17(20)14-16-9-5-3-6-10-16/h3,5-6,9-10,17H,2,4,7-8,11-15,20H2,1H3,(H,21,22)/t17-/m0/s1. The molecule has 1 aromatic rings. The summed E-state index contributed by atoms with van der Waals surface area (Å²) < 4.78 is 6.11. The quantitative estimate of drug-likeness (QED) is 0.774. The topological polar surface area (TPSA) is 64.3 Å². The van der Waals surface area contributed by atoms with E-state index in [-0.39, 0.29) is 11.5 Å². The monoisotopic (exact) mass is 318 g/mol. The number of rotatable bonds is 8. The highest BCUT2D eigenvalue weighted by atomic mass is 16.5. The lowest BCUT2D eigenvalue weighted by Gasteiger charge is -2.37. The highest BCUT2D eigenvalue weighted by Gasteiger charge is 2.33. The second kappa shape index (κ2) is 9.04. The van der Waals surface area contributed by atoms with E-state index in [1.54, 1.807) is 0 Å². The number of hydrogen-bond donors (Lipinski definition) is 2. The van der Waals surface area contributed by atoms with Crippen molar-refractivity contribution >= 4 is 5.91 Å². The summed E-state index contributed by atoms with van der Waals surface area (Å²) in [6.45, 7) is 3.45. The zero-order valence-electron chi connectivity index (χ0n) is 14.2. The molecule has 2 rings (SSSR count). The predicted octanol–water partition coefficient (Wildman–Crippen LogP) is 2.80. The Morgan fingerprint density at radius 1 is 1.26 bits per heavy atom. The largest absolute Gasteiger partial charge is 0.373 e. The summed E-state index contributed by atoms with van der Waals surface area (Å²) in [6.07, 6.45) is 7.24. The second-order valence-electron chi connectivity index (χ2n) is 6.61. The zero-order chi connectivity index (χ0) is 16.5. The Morgan fingerprint density at radius 3 is 2.61 bits per heavy atom. The van der Waals surface area contributed by atoms with Gasteiger partial charge in [0.1, 0.15) is 0 Å². The van der Waals surface area contributed by atoms with Gasteiger partial charge in [-0.05, 0) is 31.2 Å². The predicted molar refractivity (Wildman–Crippen MR) is 93.2 cm³/mol. The number of nitrogens with two attached hydrogens (primary N) is 1. The van der Waals surface area contributed by atoms with Gasteiger partial charge in [-0.1, -0.05) is 56.5 Å². The lowest BCUT2D eigenvalue weighted by atomic mass is 9.84. The molecule has 128 valence electrons. The van der Waals surface area contributed by atoms with Crippen LogP contribution >= 0.6 is 0 Å². The molecular formula is C19H30N2O2. The van der Waals surface area contributed by atoms with Crippen LogP contribution in [0.1, 0.15) is 51.0 Å². The summed E-state index contributed by atoms with van der Waals surface area (Å²) in [7, 11) is 0. The van der Waals surface area contributed by atoms with E-state index >= 15 is 0 Å². The zero-order valence-corrected chi connectivity index (χ0v) is 14.2. The number of nitrogens with one attached hydrogen (secondary N) is 1. The van der Waals surface area contributed by atoms with E-state index in [9.17, 15) is 4.79 Å². The Balaban J connectivity index is 1.85. The molecule has 23 heavy (non-hydrogen) atoms. The first kappa shape index (κ1) is 18.0. The van der Waals surface area contributed by atoms with Crippen LogP contribution in [0.5, 0.6) is 0 Å². The molecule has 1 atom stereocenters. The molecule has 0 heterocycles. The fourth-order valence-electron chi connectivity index (χ4n) is 3.23. The van der Waals surface area contributed by atoms with Gasteiger partial charge in [0.05, 0.1) is 11.6 Å². The Hall–Kier alpha value is -1.39. The molecule has 0 aromatic heterocycles. The summed E-state index contributed by atoms with van der Waals surface area (Å²) in [5.41, 5.74) is 6.96. The Morgan fingerprint density at radius 2 is 1.96 bits per heavy atom. The van der Waals surface area contributed by atoms with Crippen molar-refractivity contribution in [2.75, 3.05) is 13.2 Å². The first-order valence-corrected chi connectivity index (χ1v) is 8.86. The molecule has 4 nitrogen and oxygen atoms in total.